The second-order valence-corrected chi connectivity index (χ2v) is 6.96. The third kappa shape index (κ3) is 6.58. The van der Waals surface area contributed by atoms with E-state index < -0.39 is 36.2 Å². The van der Waals surface area contributed by atoms with Gasteiger partial charge in [-0.15, -0.1) is 0 Å². The van der Waals surface area contributed by atoms with Crippen LogP contribution in [0.5, 0.6) is 0 Å². The monoisotopic (exact) mass is 428 g/mol. The summed E-state index contributed by atoms with van der Waals surface area (Å²) in [5.74, 6) is -1.89. The Hall–Kier alpha value is -2.52. The van der Waals surface area contributed by atoms with E-state index in [2.05, 4.69) is 10.6 Å². The fourth-order valence-electron chi connectivity index (χ4n) is 2.13. The lowest BCUT2D eigenvalue weighted by atomic mass is 10.2. The lowest BCUT2D eigenvalue weighted by molar-refractivity contribution is -0.149. The number of amides is 2. The molecule has 2 rings (SSSR count). The van der Waals surface area contributed by atoms with Crippen molar-refractivity contribution in [3.63, 3.8) is 0 Å². The lowest BCUT2D eigenvalue weighted by Gasteiger charge is -2.16. The molecule has 0 fully saturated rings. The molecule has 2 aromatic rings. The fourth-order valence-corrected chi connectivity index (χ4v) is 2.78. The largest absolute Gasteiger partial charge is 0.459 e. The van der Waals surface area contributed by atoms with Gasteiger partial charge in [-0.2, -0.15) is 11.8 Å². The number of rotatable bonds is 9. The van der Waals surface area contributed by atoms with Gasteiger partial charge in [0.2, 0.25) is 0 Å². The molecule has 0 aliphatic heterocycles. The summed E-state index contributed by atoms with van der Waals surface area (Å²) in [4.78, 5) is 36.3. The van der Waals surface area contributed by atoms with Crippen molar-refractivity contribution in [2.75, 3.05) is 23.9 Å². The van der Waals surface area contributed by atoms with E-state index in [-0.39, 0.29) is 16.5 Å². The van der Waals surface area contributed by atoms with Gasteiger partial charge in [0, 0.05) is 5.69 Å². The van der Waals surface area contributed by atoms with Crippen LogP contribution in [-0.2, 0) is 14.3 Å². The van der Waals surface area contributed by atoms with Gasteiger partial charge >= 0.3 is 5.97 Å². The molecule has 0 radical (unpaired) electrons. The minimum absolute atomic E-state index is 0.0629. The molecule has 2 N–H and O–H groups in total. The van der Waals surface area contributed by atoms with Gasteiger partial charge < -0.3 is 19.8 Å². The molecule has 7 nitrogen and oxygen atoms in total. The number of thioether (sulfide) groups is 1. The number of anilines is 1. The van der Waals surface area contributed by atoms with Gasteiger partial charge in [-0.1, -0.05) is 11.6 Å². The molecular weight excluding hydrogens is 411 g/mol. The van der Waals surface area contributed by atoms with Crippen LogP contribution in [0.1, 0.15) is 17.0 Å². The van der Waals surface area contributed by atoms with Gasteiger partial charge in [0.1, 0.15) is 11.9 Å². The summed E-state index contributed by atoms with van der Waals surface area (Å²) in [5, 5.41) is 4.82. The van der Waals surface area contributed by atoms with Crippen molar-refractivity contribution in [3.05, 3.63) is 53.2 Å². The normalized spacial score (nSPS) is 11.5. The number of benzene rings is 1. The average Bonchev–Trinajstić information content (AvgIpc) is 3.21. The topological polar surface area (TPSA) is 97.6 Å². The van der Waals surface area contributed by atoms with E-state index in [9.17, 15) is 18.8 Å². The van der Waals surface area contributed by atoms with E-state index in [0.717, 1.165) is 6.07 Å². The van der Waals surface area contributed by atoms with Gasteiger partial charge in [0.05, 0.1) is 11.3 Å². The first kappa shape index (κ1) is 21.8. The number of furan rings is 1. The average molecular weight is 429 g/mol. The number of hydrogen-bond acceptors (Lipinski definition) is 6. The first-order valence-corrected chi connectivity index (χ1v) is 9.92. The van der Waals surface area contributed by atoms with Crippen molar-refractivity contribution in [2.45, 2.75) is 12.5 Å². The highest BCUT2D eigenvalue weighted by molar-refractivity contribution is 7.98. The van der Waals surface area contributed by atoms with Crippen LogP contribution in [0, 0.1) is 5.82 Å². The van der Waals surface area contributed by atoms with Gasteiger partial charge in [0.15, 0.2) is 12.4 Å². The van der Waals surface area contributed by atoms with Crippen molar-refractivity contribution in [2.24, 2.45) is 0 Å². The van der Waals surface area contributed by atoms with E-state index >= 15 is 0 Å². The second kappa shape index (κ2) is 10.7. The molecule has 0 aliphatic rings. The van der Waals surface area contributed by atoms with Crippen LogP contribution in [0.25, 0.3) is 0 Å². The quantitative estimate of drug-likeness (QED) is 0.595. The zero-order valence-corrected chi connectivity index (χ0v) is 16.4. The van der Waals surface area contributed by atoms with E-state index in [1.54, 1.807) is 6.07 Å². The van der Waals surface area contributed by atoms with Gasteiger partial charge in [0.25, 0.3) is 11.8 Å². The van der Waals surface area contributed by atoms with Crippen LogP contribution in [0.4, 0.5) is 10.1 Å². The molecule has 1 aromatic carbocycles. The third-order valence-corrected chi connectivity index (χ3v) is 4.43. The highest BCUT2D eigenvalue weighted by Gasteiger charge is 2.24. The molecule has 10 heteroatoms. The lowest BCUT2D eigenvalue weighted by Crippen LogP contribution is -2.43. The summed E-state index contributed by atoms with van der Waals surface area (Å²) in [6, 6.07) is 5.75. The first-order chi connectivity index (χ1) is 13.4. The summed E-state index contributed by atoms with van der Waals surface area (Å²) in [6.07, 6.45) is 3.52. The predicted octanol–water partition coefficient (Wildman–Crippen LogP) is 3.11. The van der Waals surface area contributed by atoms with Gasteiger partial charge in [-0.3, -0.25) is 9.59 Å². The van der Waals surface area contributed by atoms with Crippen LogP contribution in [0.15, 0.2) is 41.0 Å². The maximum absolute atomic E-state index is 13.1. The predicted molar refractivity (Wildman–Crippen MR) is 104 cm³/mol. The number of carbonyl (C=O) groups is 3. The van der Waals surface area contributed by atoms with Gasteiger partial charge in [-0.05, 0) is 48.8 Å². The molecular formula is C18H18ClFN2O5S. The number of carbonyl (C=O) groups excluding carboxylic acids is 3. The summed E-state index contributed by atoms with van der Waals surface area (Å²) >= 11 is 7.14. The minimum Gasteiger partial charge on any atom is -0.459 e. The zero-order chi connectivity index (χ0) is 20.5. The minimum atomic E-state index is -0.932. The maximum Gasteiger partial charge on any atom is 0.329 e. The second-order valence-electron chi connectivity index (χ2n) is 5.57. The van der Waals surface area contributed by atoms with Crippen molar-refractivity contribution in [1.29, 1.82) is 0 Å². The van der Waals surface area contributed by atoms with Crippen LogP contribution in [0.2, 0.25) is 5.02 Å². The Morgan fingerprint density at radius 1 is 1.32 bits per heavy atom. The molecule has 1 aromatic heterocycles. The van der Waals surface area contributed by atoms with E-state index in [0.29, 0.717) is 12.2 Å². The highest BCUT2D eigenvalue weighted by atomic mass is 35.5. The van der Waals surface area contributed by atoms with Crippen molar-refractivity contribution >= 4 is 46.8 Å². The molecule has 0 aliphatic carbocycles. The van der Waals surface area contributed by atoms with Crippen LogP contribution in [-0.4, -0.2) is 42.4 Å². The van der Waals surface area contributed by atoms with E-state index in [1.807, 2.05) is 6.26 Å². The Morgan fingerprint density at radius 3 is 2.75 bits per heavy atom. The molecule has 150 valence electrons. The smallest absolute Gasteiger partial charge is 0.329 e. The molecule has 2 amide bonds. The van der Waals surface area contributed by atoms with Gasteiger partial charge in [-0.25, -0.2) is 9.18 Å². The molecule has 0 saturated carbocycles. The van der Waals surface area contributed by atoms with E-state index in [4.69, 9.17) is 20.8 Å². The van der Waals surface area contributed by atoms with Crippen molar-refractivity contribution in [3.8, 4) is 0 Å². The fraction of sp³-hybridized carbons (Fsp3) is 0.278. The Kier molecular flexibility index (Phi) is 8.34. The third-order valence-electron chi connectivity index (χ3n) is 3.49. The zero-order valence-electron chi connectivity index (χ0n) is 14.9. The van der Waals surface area contributed by atoms with Crippen LogP contribution in [0.3, 0.4) is 0 Å². The molecule has 28 heavy (non-hydrogen) atoms. The Bertz CT molecular complexity index is 831. The molecule has 0 bridgehead atoms. The first-order valence-electron chi connectivity index (χ1n) is 8.15. The number of esters is 1. The standard InChI is InChI=1S/C18H18ClFN2O5S/c1-28-8-6-14(22-17(24)15-3-2-7-26-15)18(25)27-10-16(23)21-11-4-5-13(20)12(19)9-11/h2-5,7,9,14H,6,8,10H2,1H3,(H,21,23)(H,22,24)/t14-/m0/s1. The molecule has 1 heterocycles. The number of ether oxygens (including phenoxy) is 1. The summed E-state index contributed by atoms with van der Waals surface area (Å²) in [6.45, 7) is -0.569. The van der Waals surface area contributed by atoms with Crippen molar-refractivity contribution < 1.29 is 27.9 Å². The Morgan fingerprint density at radius 2 is 2.11 bits per heavy atom. The Labute approximate surface area is 169 Å². The summed E-state index contributed by atoms with van der Waals surface area (Å²) in [7, 11) is 0. The molecule has 1 atom stereocenters. The SMILES string of the molecule is CSCC[C@H](NC(=O)c1ccco1)C(=O)OCC(=O)Nc1ccc(F)c(Cl)c1. The van der Waals surface area contributed by atoms with Crippen molar-refractivity contribution in [1.82, 2.24) is 5.32 Å². The van der Waals surface area contributed by atoms with Crippen LogP contribution < -0.4 is 10.6 Å². The Balaban J connectivity index is 1.89. The molecule has 0 spiro atoms. The molecule has 0 saturated heterocycles. The molecule has 0 unspecified atom stereocenters. The number of hydrogen-bond donors (Lipinski definition) is 2. The van der Waals surface area contributed by atoms with E-state index in [1.165, 1.54) is 36.2 Å². The summed E-state index contributed by atoms with van der Waals surface area (Å²) < 4.78 is 23.1. The van der Waals surface area contributed by atoms with Crippen LogP contribution >= 0.6 is 23.4 Å². The number of halogens is 2. The highest BCUT2D eigenvalue weighted by Crippen LogP contribution is 2.19. The summed E-state index contributed by atoms with van der Waals surface area (Å²) in [5.41, 5.74) is 0.262. The number of nitrogens with one attached hydrogen (secondary N) is 2. The maximum atomic E-state index is 13.1.